The number of thiophene rings is 1. The van der Waals surface area contributed by atoms with Crippen molar-refractivity contribution < 1.29 is 0 Å². The van der Waals surface area contributed by atoms with Crippen molar-refractivity contribution in [2.75, 3.05) is 4.90 Å². The third-order valence-corrected chi connectivity index (χ3v) is 13.5. The molecule has 0 saturated heterocycles. The maximum Gasteiger partial charge on any atom is 0.252 e. The Hall–Kier alpha value is -7.58. The molecule has 0 radical (unpaired) electrons. The number of hydrogen-bond acceptors (Lipinski definition) is 4. The Bertz CT molecular complexity index is 3530. The van der Waals surface area contributed by atoms with Crippen LogP contribution in [0.15, 0.2) is 158 Å². The van der Waals surface area contributed by atoms with Crippen LogP contribution in [0.25, 0.3) is 75.2 Å². The summed E-state index contributed by atoms with van der Waals surface area (Å²) in [5.41, 5.74) is 12.6. The fourth-order valence-electron chi connectivity index (χ4n) is 10.2. The summed E-state index contributed by atoms with van der Waals surface area (Å²) in [5.74, 6) is 0. The number of nitrogens with zero attached hydrogens (tertiary/aromatic N) is 5. The van der Waals surface area contributed by atoms with Gasteiger partial charge in [0.25, 0.3) is 6.71 Å². The summed E-state index contributed by atoms with van der Waals surface area (Å²) in [4.78, 5) is 2.15. The van der Waals surface area contributed by atoms with Crippen molar-refractivity contribution in [1.82, 2.24) is 9.13 Å². The molecule has 0 saturated carbocycles. The van der Waals surface area contributed by atoms with Gasteiger partial charge in [-0.2, -0.15) is 10.5 Å². The quantitative estimate of drug-likeness (QED) is 0.170. The van der Waals surface area contributed by atoms with Crippen LogP contribution in [0.4, 0.5) is 17.1 Å². The Balaban J connectivity index is 1.28. The first kappa shape index (κ1) is 30.7. The van der Waals surface area contributed by atoms with E-state index < -0.39 is 0 Å². The normalized spacial score (nSPS) is 12.5. The van der Waals surface area contributed by atoms with Gasteiger partial charge in [0.2, 0.25) is 0 Å². The van der Waals surface area contributed by atoms with Crippen LogP contribution in [0.3, 0.4) is 0 Å². The fourth-order valence-corrected chi connectivity index (χ4v) is 11.3. The summed E-state index contributed by atoms with van der Waals surface area (Å²) in [6, 6.07) is 61.0. The predicted octanol–water partition coefficient (Wildman–Crippen LogP) is 10.6. The maximum absolute atomic E-state index is 11.8. The highest BCUT2D eigenvalue weighted by Gasteiger charge is 2.45. The van der Waals surface area contributed by atoms with Crippen molar-refractivity contribution in [1.29, 1.82) is 10.5 Å². The first-order valence-corrected chi connectivity index (χ1v) is 19.9. The Morgan fingerprint density at radius 2 is 1.00 bits per heavy atom. The van der Waals surface area contributed by atoms with Crippen molar-refractivity contribution in [2.45, 2.75) is 0 Å². The number of nitriles is 2. The first-order valence-electron chi connectivity index (χ1n) is 19.1. The molecule has 5 nitrogen and oxygen atoms in total. The molecule has 3 aromatic heterocycles. The lowest BCUT2D eigenvalue weighted by molar-refractivity contribution is 1.11. The van der Waals surface area contributed by atoms with Crippen LogP contribution < -0.4 is 21.3 Å². The van der Waals surface area contributed by atoms with E-state index in [-0.39, 0.29) is 6.71 Å². The lowest BCUT2D eigenvalue weighted by Crippen LogP contribution is -2.60. The minimum atomic E-state index is -0.206. The van der Waals surface area contributed by atoms with Crippen LogP contribution in [0.1, 0.15) is 11.1 Å². The summed E-state index contributed by atoms with van der Waals surface area (Å²) in [7, 11) is 0. The minimum absolute atomic E-state index is 0.206. The predicted molar refractivity (Wildman–Crippen MR) is 237 cm³/mol. The zero-order valence-electron chi connectivity index (χ0n) is 30.2. The molecule has 0 bridgehead atoms. The average Bonchev–Trinajstić information content (AvgIpc) is 3.93. The van der Waals surface area contributed by atoms with Crippen molar-refractivity contribution in [2.24, 2.45) is 0 Å². The topological polar surface area (TPSA) is 60.7 Å². The molecule has 5 heterocycles. The summed E-state index contributed by atoms with van der Waals surface area (Å²) in [6.45, 7) is -0.206. The van der Waals surface area contributed by atoms with Gasteiger partial charge in [-0.1, -0.05) is 109 Å². The summed E-state index contributed by atoms with van der Waals surface area (Å²) < 4.78 is 7.07. The SMILES string of the molecule is N#Cc1c(N(c2ccccc2)c2ccc3sc4ccccc4c3c2)c(C#N)c2c3c1-n1c4ccccc4c4cccc(c41)B3c1cccc3c4ccccc4n-2c13. The van der Waals surface area contributed by atoms with Gasteiger partial charge in [-0.3, -0.25) is 0 Å². The van der Waals surface area contributed by atoms with Crippen molar-refractivity contribution in [3.63, 3.8) is 0 Å². The number of hydrogen-bond donors (Lipinski definition) is 0. The average molecular weight is 740 g/mol. The molecule has 0 atom stereocenters. The third kappa shape index (κ3) is 3.77. The second kappa shape index (κ2) is 11.0. The molecule has 260 valence electrons. The fraction of sp³-hybridized carbons (Fsp3) is 0. The molecule has 2 aliphatic heterocycles. The zero-order valence-corrected chi connectivity index (χ0v) is 31.0. The number of benzene rings is 8. The van der Waals surface area contributed by atoms with Crippen LogP contribution in [0.2, 0.25) is 0 Å². The van der Waals surface area contributed by atoms with Gasteiger partial charge in [0.05, 0.1) is 28.1 Å². The third-order valence-electron chi connectivity index (χ3n) is 12.3. The molecular formula is C50H26BN5S. The molecule has 0 N–H and O–H groups in total. The van der Waals surface area contributed by atoms with E-state index >= 15 is 0 Å². The number of rotatable bonds is 3. The van der Waals surface area contributed by atoms with Gasteiger partial charge in [-0.05, 0) is 64.9 Å². The van der Waals surface area contributed by atoms with Crippen molar-refractivity contribution in [3.05, 3.63) is 169 Å². The first-order chi connectivity index (χ1) is 28.2. The smallest absolute Gasteiger partial charge is 0.252 e. The Morgan fingerprint density at radius 1 is 0.474 bits per heavy atom. The van der Waals surface area contributed by atoms with Gasteiger partial charge in [-0.25, -0.2) is 0 Å². The number of fused-ring (bicyclic) bond motifs is 13. The summed E-state index contributed by atoms with van der Waals surface area (Å²) in [5, 5.41) is 30.4. The van der Waals surface area contributed by atoms with Gasteiger partial charge in [0, 0.05) is 64.1 Å². The van der Waals surface area contributed by atoms with Gasteiger partial charge in [0.15, 0.2) is 0 Å². The van der Waals surface area contributed by atoms with Crippen LogP contribution in [-0.4, -0.2) is 15.8 Å². The molecule has 8 aromatic carbocycles. The van der Waals surface area contributed by atoms with E-state index in [1.54, 1.807) is 11.3 Å². The molecule has 57 heavy (non-hydrogen) atoms. The van der Waals surface area contributed by atoms with E-state index in [1.807, 2.05) is 18.2 Å². The van der Waals surface area contributed by atoms with E-state index in [2.05, 4.69) is 166 Å². The van der Waals surface area contributed by atoms with Crippen LogP contribution >= 0.6 is 11.3 Å². The van der Waals surface area contributed by atoms with Crippen molar-refractivity contribution in [3.8, 4) is 23.5 Å². The summed E-state index contributed by atoms with van der Waals surface area (Å²) in [6.07, 6.45) is 0. The molecule has 0 aliphatic carbocycles. The van der Waals surface area contributed by atoms with Gasteiger partial charge in [-0.15, -0.1) is 11.3 Å². The highest BCUT2D eigenvalue weighted by Crippen LogP contribution is 2.48. The molecule has 0 unspecified atom stereocenters. The number of aromatic nitrogens is 2. The molecule has 0 spiro atoms. The molecule has 0 amide bonds. The van der Waals surface area contributed by atoms with Gasteiger partial charge in [0.1, 0.15) is 23.3 Å². The number of anilines is 3. The van der Waals surface area contributed by atoms with Gasteiger partial charge >= 0.3 is 0 Å². The maximum atomic E-state index is 11.8. The molecule has 7 heteroatoms. The van der Waals surface area contributed by atoms with Crippen LogP contribution in [0, 0.1) is 22.7 Å². The zero-order chi connectivity index (χ0) is 37.5. The van der Waals surface area contributed by atoms with Crippen molar-refractivity contribution >= 4 is 115 Å². The number of para-hydroxylation sites is 5. The van der Waals surface area contributed by atoms with Crippen LogP contribution in [-0.2, 0) is 0 Å². The lowest BCUT2D eigenvalue weighted by Gasteiger charge is -2.37. The highest BCUT2D eigenvalue weighted by molar-refractivity contribution is 7.25. The minimum Gasteiger partial charge on any atom is -0.309 e. The second-order valence-electron chi connectivity index (χ2n) is 15.0. The lowest BCUT2D eigenvalue weighted by atomic mass is 9.34. The second-order valence-corrected chi connectivity index (χ2v) is 16.1. The van der Waals surface area contributed by atoms with E-state index in [9.17, 15) is 10.5 Å². The largest absolute Gasteiger partial charge is 0.309 e. The molecule has 11 aromatic rings. The molecule has 2 aliphatic rings. The Morgan fingerprint density at radius 3 is 1.61 bits per heavy atom. The van der Waals surface area contributed by atoms with E-state index in [4.69, 9.17) is 0 Å². The van der Waals surface area contributed by atoms with E-state index in [0.717, 1.165) is 77.2 Å². The van der Waals surface area contributed by atoms with E-state index in [0.29, 0.717) is 16.8 Å². The molecule has 13 rings (SSSR count). The van der Waals surface area contributed by atoms with E-state index in [1.165, 1.54) is 25.7 Å². The Kier molecular flexibility index (Phi) is 5.94. The van der Waals surface area contributed by atoms with Crippen LogP contribution in [0.5, 0.6) is 0 Å². The molecular weight excluding hydrogens is 713 g/mol. The standard InChI is InChI=1S/C50H26BN5S/c52-27-37-46(54(29-12-2-1-3-13-29)30-24-25-44-36(26-30)33-16-6-9-23-43(33)57-44)38(28-53)50-45-49(37)55-41-21-7-4-14-31(41)34-17-10-19-39(47(34)55)51(45)40-20-11-18-35-32-15-5-8-22-42(32)56(50)48(35)40/h1-26H. The highest BCUT2D eigenvalue weighted by atomic mass is 32.1. The summed E-state index contributed by atoms with van der Waals surface area (Å²) >= 11 is 1.78. The van der Waals surface area contributed by atoms with Gasteiger partial charge < -0.3 is 14.0 Å². The Labute approximate surface area is 330 Å². The monoisotopic (exact) mass is 739 g/mol. The molecule has 0 fully saturated rings.